The third-order valence-electron chi connectivity index (χ3n) is 4.85. The van der Waals surface area contributed by atoms with Gasteiger partial charge < -0.3 is 9.80 Å². The van der Waals surface area contributed by atoms with E-state index in [2.05, 4.69) is 10.1 Å². The van der Waals surface area contributed by atoms with Crippen LogP contribution < -0.4 is 0 Å². The molecular formula is C19H25N5O2. The van der Waals surface area contributed by atoms with Crippen molar-refractivity contribution in [2.75, 3.05) is 26.2 Å². The van der Waals surface area contributed by atoms with Crippen LogP contribution in [0.4, 0.5) is 0 Å². The van der Waals surface area contributed by atoms with E-state index in [1.54, 1.807) is 22.0 Å². The zero-order valence-electron chi connectivity index (χ0n) is 15.4. The molecule has 3 rings (SSSR count). The molecular weight excluding hydrogens is 330 g/mol. The van der Waals surface area contributed by atoms with Crippen LogP contribution in [-0.4, -0.2) is 62.6 Å². The van der Waals surface area contributed by atoms with Crippen LogP contribution in [0.25, 0.3) is 0 Å². The summed E-state index contributed by atoms with van der Waals surface area (Å²) in [5.41, 5.74) is 2.55. The molecule has 2 aromatic heterocycles. The zero-order valence-corrected chi connectivity index (χ0v) is 15.4. The van der Waals surface area contributed by atoms with Gasteiger partial charge in [0, 0.05) is 57.7 Å². The van der Waals surface area contributed by atoms with Crippen LogP contribution >= 0.6 is 0 Å². The molecule has 0 N–H and O–H groups in total. The lowest BCUT2D eigenvalue weighted by molar-refractivity contribution is -0.131. The Hall–Kier alpha value is -2.70. The first-order valence-corrected chi connectivity index (χ1v) is 9.01. The maximum Gasteiger partial charge on any atom is 0.274 e. The second-order valence-electron chi connectivity index (χ2n) is 6.68. The van der Waals surface area contributed by atoms with Crippen molar-refractivity contribution < 1.29 is 9.59 Å². The van der Waals surface area contributed by atoms with Crippen molar-refractivity contribution in [3.8, 4) is 0 Å². The minimum atomic E-state index is -0.0558. The average Bonchev–Trinajstić information content (AvgIpc) is 2.86. The molecule has 1 aliphatic heterocycles. The zero-order chi connectivity index (χ0) is 18.5. The number of carbonyl (C=O) groups excluding carboxylic acids is 2. The predicted molar refractivity (Wildman–Crippen MR) is 97.6 cm³/mol. The summed E-state index contributed by atoms with van der Waals surface area (Å²) in [5.74, 6) is 0.0876. The normalized spacial score (nSPS) is 15.0. The standard InChI is InChI=1S/C19H25N5O2/c1-15-14-17(21-22(15)2)19(26)24-11-3-10-23(12-13-24)18(25)5-4-16-6-8-20-9-7-16/h6-9,14H,3-5,10-13H2,1-2H3. The highest BCUT2D eigenvalue weighted by atomic mass is 16.2. The lowest BCUT2D eigenvalue weighted by Gasteiger charge is -2.21. The maximum atomic E-state index is 12.6. The molecule has 0 spiro atoms. The average molecular weight is 355 g/mol. The molecule has 0 aromatic carbocycles. The van der Waals surface area contributed by atoms with Gasteiger partial charge in [0.2, 0.25) is 5.91 Å². The summed E-state index contributed by atoms with van der Waals surface area (Å²) in [4.78, 5) is 32.8. The van der Waals surface area contributed by atoms with Crippen LogP contribution in [-0.2, 0) is 18.3 Å². The monoisotopic (exact) mass is 355 g/mol. The number of rotatable bonds is 4. The molecule has 1 saturated heterocycles. The summed E-state index contributed by atoms with van der Waals surface area (Å²) < 4.78 is 1.71. The molecule has 0 atom stereocenters. The molecule has 1 aliphatic rings. The number of aryl methyl sites for hydroxylation is 3. The van der Waals surface area contributed by atoms with Crippen molar-refractivity contribution in [1.29, 1.82) is 0 Å². The molecule has 26 heavy (non-hydrogen) atoms. The number of hydrogen-bond donors (Lipinski definition) is 0. The third-order valence-corrected chi connectivity index (χ3v) is 4.85. The van der Waals surface area contributed by atoms with Gasteiger partial charge in [0.15, 0.2) is 5.69 Å². The molecule has 7 nitrogen and oxygen atoms in total. The number of amides is 2. The van der Waals surface area contributed by atoms with E-state index in [-0.39, 0.29) is 11.8 Å². The summed E-state index contributed by atoms with van der Waals surface area (Å²) in [6, 6.07) is 5.68. The quantitative estimate of drug-likeness (QED) is 0.832. The van der Waals surface area contributed by atoms with Crippen molar-refractivity contribution >= 4 is 11.8 Å². The minimum Gasteiger partial charge on any atom is -0.341 e. The van der Waals surface area contributed by atoms with Gasteiger partial charge in [-0.15, -0.1) is 0 Å². The van der Waals surface area contributed by atoms with E-state index in [0.717, 1.165) is 17.7 Å². The van der Waals surface area contributed by atoms with Crippen molar-refractivity contribution in [3.05, 3.63) is 47.5 Å². The fourth-order valence-corrected chi connectivity index (χ4v) is 3.16. The summed E-state index contributed by atoms with van der Waals surface area (Å²) in [6.07, 6.45) is 5.48. The van der Waals surface area contributed by atoms with E-state index in [1.165, 1.54) is 0 Å². The smallest absolute Gasteiger partial charge is 0.274 e. The van der Waals surface area contributed by atoms with Gasteiger partial charge in [0.05, 0.1) is 0 Å². The largest absolute Gasteiger partial charge is 0.341 e. The Bertz CT molecular complexity index is 752. The Labute approximate surface area is 153 Å². The lowest BCUT2D eigenvalue weighted by atomic mass is 10.1. The SMILES string of the molecule is Cc1cc(C(=O)N2CCCN(C(=O)CCc3ccncc3)CC2)nn1C. The second kappa shape index (κ2) is 8.12. The summed E-state index contributed by atoms with van der Waals surface area (Å²) >= 11 is 0. The topological polar surface area (TPSA) is 71.3 Å². The molecule has 1 fully saturated rings. The molecule has 2 amide bonds. The number of hydrogen-bond acceptors (Lipinski definition) is 4. The number of aromatic nitrogens is 3. The lowest BCUT2D eigenvalue weighted by Crippen LogP contribution is -2.37. The van der Waals surface area contributed by atoms with Crippen molar-refractivity contribution in [2.24, 2.45) is 7.05 Å². The highest BCUT2D eigenvalue weighted by Crippen LogP contribution is 2.11. The van der Waals surface area contributed by atoms with E-state index in [1.807, 2.05) is 37.1 Å². The van der Waals surface area contributed by atoms with E-state index in [4.69, 9.17) is 0 Å². The van der Waals surface area contributed by atoms with Gasteiger partial charge in [-0.3, -0.25) is 19.3 Å². The Morgan fingerprint density at radius 1 is 1.08 bits per heavy atom. The van der Waals surface area contributed by atoms with Crippen LogP contribution in [0.2, 0.25) is 0 Å². The highest BCUT2D eigenvalue weighted by molar-refractivity contribution is 5.92. The summed E-state index contributed by atoms with van der Waals surface area (Å²) in [5, 5.41) is 4.27. The van der Waals surface area contributed by atoms with E-state index >= 15 is 0 Å². The van der Waals surface area contributed by atoms with Gasteiger partial charge in [0.25, 0.3) is 5.91 Å². The van der Waals surface area contributed by atoms with E-state index < -0.39 is 0 Å². The number of carbonyl (C=O) groups is 2. The van der Waals surface area contributed by atoms with Gasteiger partial charge in [0.1, 0.15) is 0 Å². The molecule has 0 aliphatic carbocycles. The Balaban J connectivity index is 1.54. The first-order chi connectivity index (χ1) is 12.5. The van der Waals surface area contributed by atoms with Gasteiger partial charge >= 0.3 is 0 Å². The third kappa shape index (κ3) is 4.28. The van der Waals surface area contributed by atoms with Gasteiger partial charge in [-0.05, 0) is 43.5 Å². The predicted octanol–water partition coefficient (Wildman–Crippen LogP) is 1.43. The van der Waals surface area contributed by atoms with Gasteiger partial charge in [-0.2, -0.15) is 5.10 Å². The fraction of sp³-hybridized carbons (Fsp3) is 0.474. The van der Waals surface area contributed by atoms with Gasteiger partial charge in [-0.25, -0.2) is 0 Å². The minimum absolute atomic E-state index is 0.0558. The van der Waals surface area contributed by atoms with Crippen molar-refractivity contribution in [3.63, 3.8) is 0 Å². The molecule has 0 saturated carbocycles. The van der Waals surface area contributed by atoms with Crippen LogP contribution in [0.15, 0.2) is 30.6 Å². The Morgan fingerprint density at radius 3 is 2.46 bits per heavy atom. The van der Waals surface area contributed by atoms with Crippen molar-refractivity contribution in [2.45, 2.75) is 26.2 Å². The molecule has 7 heteroatoms. The molecule has 3 heterocycles. The van der Waals surface area contributed by atoms with Crippen LogP contribution in [0.3, 0.4) is 0 Å². The molecule has 138 valence electrons. The van der Waals surface area contributed by atoms with Gasteiger partial charge in [-0.1, -0.05) is 0 Å². The summed E-state index contributed by atoms with van der Waals surface area (Å²) in [6.45, 7) is 4.40. The summed E-state index contributed by atoms with van der Waals surface area (Å²) in [7, 11) is 1.83. The maximum absolute atomic E-state index is 12.6. The highest BCUT2D eigenvalue weighted by Gasteiger charge is 2.24. The number of nitrogens with zero attached hydrogens (tertiary/aromatic N) is 5. The fourth-order valence-electron chi connectivity index (χ4n) is 3.16. The number of pyridine rings is 1. The Morgan fingerprint density at radius 2 is 1.77 bits per heavy atom. The van der Waals surface area contributed by atoms with Crippen LogP contribution in [0.5, 0.6) is 0 Å². The molecule has 0 unspecified atom stereocenters. The first kappa shape index (κ1) is 18.1. The molecule has 0 bridgehead atoms. The van der Waals surface area contributed by atoms with E-state index in [0.29, 0.717) is 44.7 Å². The first-order valence-electron chi connectivity index (χ1n) is 9.01. The van der Waals surface area contributed by atoms with E-state index in [9.17, 15) is 9.59 Å². The Kier molecular flexibility index (Phi) is 5.65. The molecule has 2 aromatic rings. The van der Waals surface area contributed by atoms with Crippen molar-refractivity contribution in [1.82, 2.24) is 24.6 Å². The second-order valence-corrected chi connectivity index (χ2v) is 6.68. The van der Waals surface area contributed by atoms with Crippen LogP contribution in [0.1, 0.15) is 34.6 Å². The molecule has 0 radical (unpaired) electrons. The van der Waals surface area contributed by atoms with Crippen LogP contribution in [0, 0.1) is 6.92 Å².